The van der Waals surface area contributed by atoms with Gasteiger partial charge in [-0.2, -0.15) is 0 Å². The molecule has 0 saturated carbocycles. The van der Waals surface area contributed by atoms with E-state index in [1.807, 2.05) is 56.3 Å². The minimum atomic E-state index is -0.789. The Morgan fingerprint density at radius 1 is 0.793 bits per heavy atom. The van der Waals surface area contributed by atoms with E-state index in [1.165, 1.54) is 7.11 Å². The Balaban J connectivity index is 1.13. The summed E-state index contributed by atoms with van der Waals surface area (Å²) >= 11 is 0. The highest BCUT2D eigenvalue weighted by atomic mass is 16.5. The van der Waals surface area contributed by atoms with Crippen LogP contribution in [0.25, 0.3) is 54.7 Å². The number of aromatic nitrogens is 4. The highest BCUT2D eigenvalue weighted by molar-refractivity contribution is 6.07. The van der Waals surface area contributed by atoms with E-state index in [9.17, 15) is 19.2 Å². The second-order valence-corrected chi connectivity index (χ2v) is 14.9. The van der Waals surface area contributed by atoms with Crippen molar-refractivity contribution in [2.75, 3.05) is 20.2 Å². The molecular weight excluding hydrogens is 733 g/mol. The molecule has 13 heteroatoms. The number of alkyl carbamates (subject to hydrolysis) is 1. The summed E-state index contributed by atoms with van der Waals surface area (Å²) in [6.07, 6.45) is 0.664. The SMILES string of the molecule is CCCN(Cc1nc2ccc3cc(-c4ccc5c(ccc6nc(CN(C(=O)CNC(=O)OC)C(C)C(C)C)[nH]c65)c4)ccc3c2[nH]1)C(=O)[C@H](NC=O)c1ccccc1. The summed E-state index contributed by atoms with van der Waals surface area (Å²) in [5.74, 6) is 1.09. The predicted molar refractivity (Wildman–Crippen MR) is 226 cm³/mol. The van der Waals surface area contributed by atoms with Crippen molar-refractivity contribution in [1.29, 1.82) is 0 Å². The molecule has 0 spiro atoms. The molecule has 5 aromatic carbocycles. The largest absolute Gasteiger partial charge is 0.453 e. The van der Waals surface area contributed by atoms with Crippen molar-refractivity contribution in [3.63, 3.8) is 0 Å². The number of fused-ring (bicyclic) bond motifs is 6. The molecule has 0 aliphatic carbocycles. The van der Waals surface area contributed by atoms with Crippen LogP contribution in [0.5, 0.6) is 0 Å². The van der Waals surface area contributed by atoms with Crippen LogP contribution >= 0.6 is 0 Å². The predicted octanol–water partition coefficient (Wildman–Crippen LogP) is 7.37. The van der Waals surface area contributed by atoms with Gasteiger partial charge in [0, 0.05) is 23.4 Å². The fraction of sp³-hybridized carbons (Fsp3) is 0.289. The third-order valence-electron chi connectivity index (χ3n) is 10.8. The van der Waals surface area contributed by atoms with E-state index in [1.54, 1.807) is 9.80 Å². The van der Waals surface area contributed by atoms with Crippen molar-refractivity contribution in [2.45, 2.75) is 59.3 Å². The number of aromatic amines is 2. The van der Waals surface area contributed by atoms with E-state index in [2.05, 4.69) is 87.7 Å². The van der Waals surface area contributed by atoms with Crippen LogP contribution in [0.2, 0.25) is 0 Å². The van der Waals surface area contributed by atoms with Gasteiger partial charge in [0.15, 0.2) is 0 Å². The van der Waals surface area contributed by atoms with Crippen LogP contribution in [0.1, 0.15) is 57.4 Å². The first-order valence-corrected chi connectivity index (χ1v) is 19.6. The first kappa shape index (κ1) is 39.5. The highest BCUT2D eigenvalue weighted by Crippen LogP contribution is 2.33. The lowest BCUT2D eigenvalue weighted by Crippen LogP contribution is -2.46. The topological polar surface area (TPSA) is 165 Å². The zero-order chi connectivity index (χ0) is 40.9. The molecule has 4 N–H and O–H groups in total. The number of amides is 4. The number of rotatable bonds is 15. The van der Waals surface area contributed by atoms with Gasteiger partial charge >= 0.3 is 6.09 Å². The van der Waals surface area contributed by atoms with Gasteiger partial charge in [-0.3, -0.25) is 14.4 Å². The number of hydrogen-bond acceptors (Lipinski definition) is 7. The molecule has 1 unspecified atom stereocenters. The molecule has 4 amide bonds. The third kappa shape index (κ3) is 8.20. The molecule has 58 heavy (non-hydrogen) atoms. The number of nitrogens with zero attached hydrogens (tertiary/aromatic N) is 4. The number of carbonyl (C=O) groups excluding carboxylic acids is 4. The van der Waals surface area contributed by atoms with Crippen molar-refractivity contribution in [3.8, 4) is 11.1 Å². The molecular formula is C45H48N8O5. The second kappa shape index (κ2) is 17.2. The van der Waals surface area contributed by atoms with E-state index in [4.69, 9.17) is 9.97 Å². The van der Waals surface area contributed by atoms with E-state index in [0.717, 1.165) is 66.7 Å². The van der Waals surface area contributed by atoms with Gasteiger partial charge < -0.3 is 35.1 Å². The summed E-state index contributed by atoms with van der Waals surface area (Å²) < 4.78 is 4.64. The number of methoxy groups -OCH3 is 1. The minimum Gasteiger partial charge on any atom is -0.453 e. The van der Waals surface area contributed by atoms with Gasteiger partial charge in [0.1, 0.15) is 24.2 Å². The Hall–Kier alpha value is -6.76. The number of nitrogens with one attached hydrogen (secondary N) is 4. The zero-order valence-corrected chi connectivity index (χ0v) is 33.3. The summed E-state index contributed by atoms with van der Waals surface area (Å²) in [6, 6.07) is 29.2. The minimum absolute atomic E-state index is 0.0920. The van der Waals surface area contributed by atoms with Gasteiger partial charge in [0.25, 0.3) is 0 Å². The van der Waals surface area contributed by atoms with E-state index in [-0.39, 0.29) is 43.4 Å². The van der Waals surface area contributed by atoms with Crippen LogP contribution in [-0.2, 0) is 32.2 Å². The van der Waals surface area contributed by atoms with Gasteiger partial charge in [-0.15, -0.1) is 0 Å². The van der Waals surface area contributed by atoms with Gasteiger partial charge in [-0.25, -0.2) is 14.8 Å². The van der Waals surface area contributed by atoms with Crippen molar-refractivity contribution >= 4 is 67.9 Å². The summed E-state index contributed by atoms with van der Waals surface area (Å²) in [7, 11) is 1.27. The fourth-order valence-electron chi connectivity index (χ4n) is 7.46. The molecule has 0 aliphatic heterocycles. The van der Waals surface area contributed by atoms with E-state index in [0.29, 0.717) is 24.6 Å². The Kier molecular flexibility index (Phi) is 11.7. The van der Waals surface area contributed by atoms with Crippen LogP contribution in [-0.4, -0.2) is 80.3 Å². The molecule has 2 aromatic heterocycles. The Labute approximate surface area is 336 Å². The monoisotopic (exact) mass is 780 g/mol. The van der Waals surface area contributed by atoms with Crippen LogP contribution < -0.4 is 10.6 Å². The smallest absolute Gasteiger partial charge is 0.407 e. The average molecular weight is 781 g/mol. The zero-order valence-electron chi connectivity index (χ0n) is 33.3. The Bertz CT molecular complexity index is 2620. The van der Waals surface area contributed by atoms with Crippen molar-refractivity contribution < 1.29 is 23.9 Å². The summed E-state index contributed by atoms with van der Waals surface area (Å²) in [5, 5.41) is 9.33. The molecule has 0 radical (unpaired) electrons. The lowest BCUT2D eigenvalue weighted by atomic mass is 9.98. The number of hydrogen-bond donors (Lipinski definition) is 4. The highest BCUT2D eigenvalue weighted by Gasteiger charge is 2.27. The molecule has 0 fully saturated rings. The molecule has 7 aromatic rings. The molecule has 0 aliphatic rings. The van der Waals surface area contributed by atoms with Crippen LogP contribution in [0.15, 0.2) is 91.0 Å². The van der Waals surface area contributed by atoms with Crippen molar-refractivity contribution in [1.82, 2.24) is 40.4 Å². The summed E-state index contributed by atoms with van der Waals surface area (Å²) in [5.41, 5.74) is 6.24. The molecule has 7 rings (SSSR count). The van der Waals surface area contributed by atoms with Crippen LogP contribution in [0, 0.1) is 5.92 Å². The standard InChI is InChI=1S/C45H48N8O5/c1-6-20-52(44(56)41(47-26-54)29-10-8-7-9-11-29)24-38-48-36-18-14-32-21-30(12-16-34(32)42(36)50-38)31-13-17-35-33(22-31)15-19-37-43(35)51-39(49-37)25-53(28(4)27(2)3)40(55)23-46-45(57)58-5/h7-19,21-22,26-28,41H,6,20,23-25H2,1-5H3,(H,46,57)(H,47,54)(H,48,50)(H,49,51)/t28?,41-/m1/s1. The normalized spacial score (nSPS) is 12.5. The van der Waals surface area contributed by atoms with Gasteiger partial charge in [0.2, 0.25) is 18.2 Å². The fourth-order valence-corrected chi connectivity index (χ4v) is 7.46. The lowest BCUT2D eigenvalue weighted by molar-refractivity contribution is -0.135. The molecule has 2 heterocycles. The van der Waals surface area contributed by atoms with Crippen LogP contribution in [0.4, 0.5) is 4.79 Å². The quantitative estimate of drug-likeness (QED) is 0.0789. The Morgan fingerprint density at radius 3 is 1.91 bits per heavy atom. The lowest BCUT2D eigenvalue weighted by Gasteiger charge is -2.31. The van der Waals surface area contributed by atoms with Gasteiger partial charge in [0.05, 0.1) is 42.3 Å². The third-order valence-corrected chi connectivity index (χ3v) is 10.8. The molecule has 0 bridgehead atoms. The first-order chi connectivity index (χ1) is 28.1. The number of benzene rings is 5. The number of H-pyrrole nitrogens is 2. The molecule has 13 nitrogen and oxygen atoms in total. The number of imidazole rings is 2. The molecule has 2 atom stereocenters. The van der Waals surface area contributed by atoms with Crippen LogP contribution in [0.3, 0.4) is 0 Å². The maximum Gasteiger partial charge on any atom is 0.407 e. The van der Waals surface area contributed by atoms with E-state index >= 15 is 0 Å². The maximum absolute atomic E-state index is 13.8. The van der Waals surface area contributed by atoms with Gasteiger partial charge in [-0.05, 0) is 71.0 Å². The van der Waals surface area contributed by atoms with E-state index < -0.39 is 12.1 Å². The van der Waals surface area contributed by atoms with Crippen molar-refractivity contribution in [3.05, 3.63) is 108 Å². The van der Waals surface area contributed by atoms with Crippen molar-refractivity contribution in [2.24, 2.45) is 5.92 Å². The summed E-state index contributed by atoms with van der Waals surface area (Å²) in [6.45, 7) is 9.00. The molecule has 0 saturated heterocycles. The first-order valence-electron chi connectivity index (χ1n) is 19.6. The second-order valence-electron chi connectivity index (χ2n) is 14.9. The molecule has 298 valence electrons. The number of carbonyl (C=O) groups is 4. The average Bonchev–Trinajstić information content (AvgIpc) is 3.87. The summed E-state index contributed by atoms with van der Waals surface area (Å²) in [4.78, 5) is 70.2. The Morgan fingerprint density at radius 2 is 1.38 bits per heavy atom. The van der Waals surface area contributed by atoms with Gasteiger partial charge in [-0.1, -0.05) is 87.5 Å². The maximum atomic E-state index is 13.8. The number of ether oxygens (including phenoxy) is 1.